The van der Waals surface area contributed by atoms with Crippen LogP contribution in [0, 0.1) is 11.8 Å². The molecule has 1 atom stereocenters. The van der Waals surface area contributed by atoms with Crippen molar-refractivity contribution < 1.29 is 27.9 Å². The van der Waals surface area contributed by atoms with Gasteiger partial charge in [0.25, 0.3) is 5.91 Å². The molecule has 0 aliphatic carbocycles. The molecule has 0 bridgehead atoms. The predicted octanol–water partition coefficient (Wildman–Crippen LogP) is 2.76. The highest BCUT2D eigenvalue weighted by Crippen LogP contribution is 2.33. The van der Waals surface area contributed by atoms with Crippen molar-refractivity contribution in [2.24, 2.45) is 11.8 Å². The average Bonchev–Trinajstić information content (AvgIpc) is 3.07. The van der Waals surface area contributed by atoms with Crippen molar-refractivity contribution >= 4 is 11.9 Å². The summed E-state index contributed by atoms with van der Waals surface area (Å²) in [4.78, 5) is 23.4. The molecule has 1 amide bonds. The molecule has 0 radical (unpaired) electrons. The van der Waals surface area contributed by atoms with E-state index in [9.17, 15) is 27.9 Å². The molecule has 27 heavy (non-hydrogen) atoms. The van der Waals surface area contributed by atoms with E-state index in [0.717, 1.165) is 16.9 Å². The summed E-state index contributed by atoms with van der Waals surface area (Å²) in [6.07, 6.45) is -3.14. The zero-order chi connectivity index (χ0) is 20.2. The fourth-order valence-corrected chi connectivity index (χ4v) is 2.55. The van der Waals surface area contributed by atoms with Gasteiger partial charge in [-0.05, 0) is 24.5 Å². The molecule has 2 N–H and O–H groups in total. The molecule has 0 fully saturated rings. The molecule has 146 valence electrons. The van der Waals surface area contributed by atoms with Crippen LogP contribution < -0.4 is 5.32 Å². The van der Waals surface area contributed by atoms with Gasteiger partial charge < -0.3 is 10.4 Å². The van der Waals surface area contributed by atoms with Crippen molar-refractivity contribution in [1.82, 2.24) is 20.3 Å². The van der Waals surface area contributed by atoms with Crippen LogP contribution in [0.2, 0.25) is 0 Å². The van der Waals surface area contributed by atoms with Gasteiger partial charge in [0.1, 0.15) is 0 Å². The van der Waals surface area contributed by atoms with Crippen LogP contribution in [-0.4, -0.2) is 38.5 Å². The van der Waals surface area contributed by atoms with Gasteiger partial charge in [-0.25, -0.2) is 4.68 Å². The van der Waals surface area contributed by atoms with E-state index >= 15 is 0 Å². The number of nitrogens with one attached hydrogen (secondary N) is 1. The summed E-state index contributed by atoms with van der Waals surface area (Å²) in [5, 5.41) is 18.8. The van der Waals surface area contributed by atoms with E-state index in [1.807, 2.05) is 13.8 Å². The van der Waals surface area contributed by atoms with Crippen molar-refractivity contribution in [2.75, 3.05) is 6.54 Å². The number of amides is 1. The number of alkyl halides is 3. The number of benzene rings is 1. The van der Waals surface area contributed by atoms with E-state index in [1.54, 1.807) is 0 Å². The number of aliphatic carboxylic acids is 1. The van der Waals surface area contributed by atoms with Gasteiger partial charge in [0.2, 0.25) is 0 Å². The number of hydrogen-bond donors (Lipinski definition) is 2. The molecule has 10 heteroatoms. The third-order valence-electron chi connectivity index (χ3n) is 3.80. The summed E-state index contributed by atoms with van der Waals surface area (Å²) in [6.45, 7) is 3.61. The summed E-state index contributed by atoms with van der Waals surface area (Å²) in [7, 11) is 0. The number of rotatable bonds is 7. The molecule has 1 aromatic carbocycles. The van der Waals surface area contributed by atoms with Crippen LogP contribution in [0.3, 0.4) is 0 Å². The van der Waals surface area contributed by atoms with E-state index < -0.39 is 29.5 Å². The van der Waals surface area contributed by atoms with Crippen LogP contribution >= 0.6 is 0 Å². The maximum absolute atomic E-state index is 13.1. The first kappa shape index (κ1) is 20.4. The quantitative estimate of drug-likeness (QED) is 0.765. The number of halogens is 3. The molecule has 7 nitrogen and oxygen atoms in total. The minimum atomic E-state index is -4.59. The Balaban J connectivity index is 2.14. The minimum Gasteiger partial charge on any atom is -0.481 e. The molecule has 0 spiro atoms. The average molecular weight is 384 g/mol. The monoisotopic (exact) mass is 384 g/mol. The third-order valence-corrected chi connectivity index (χ3v) is 3.80. The highest BCUT2D eigenvalue weighted by molar-refractivity contribution is 5.92. The van der Waals surface area contributed by atoms with Crippen LogP contribution in [0.1, 0.15) is 36.3 Å². The highest BCUT2D eigenvalue weighted by atomic mass is 19.4. The lowest BCUT2D eigenvalue weighted by molar-refractivity contribution is -0.142. The van der Waals surface area contributed by atoms with E-state index in [-0.39, 0.29) is 23.8 Å². The van der Waals surface area contributed by atoms with Gasteiger partial charge in [-0.2, -0.15) is 13.2 Å². The second-order valence-corrected chi connectivity index (χ2v) is 6.44. The summed E-state index contributed by atoms with van der Waals surface area (Å²) in [5.74, 6) is -2.38. The Morgan fingerprint density at radius 2 is 1.93 bits per heavy atom. The second-order valence-electron chi connectivity index (χ2n) is 6.44. The van der Waals surface area contributed by atoms with Gasteiger partial charge >= 0.3 is 12.1 Å². The number of para-hydroxylation sites is 1. The minimum absolute atomic E-state index is 0.113. The first-order chi connectivity index (χ1) is 12.6. The largest absolute Gasteiger partial charge is 0.481 e. The summed E-state index contributed by atoms with van der Waals surface area (Å²) in [5.41, 5.74) is -1.38. The molecule has 0 aliphatic rings. The molecular formula is C17H19F3N4O3. The standard InChI is InChI=1S/C17H19F3N4O3/c1-10(2)7-11(16(26)27)8-21-15(25)13-9-24(23-22-13)14-6-4-3-5-12(14)17(18,19)20/h3-6,9-11H,7-8H2,1-2H3,(H,21,25)(H,26,27). The first-order valence-corrected chi connectivity index (χ1v) is 8.19. The smallest absolute Gasteiger partial charge is 0.418 e. The van der Waals surface area contributed by atoms with Gasteiger partial charge in [-0.1, -0.05) is 31.2 Å². The van der Waals surface area contributed by atoms with Gasteiger partial charge in [0, 0.05) is 6.54 Å². The van der Waals surface area contributed by atoms with Crippen molar-refractivity contribution in [3.8, 4) is 5.69 Å². The van der Waals surface area contributed by atoms with Crippen LogP contribution in [0.4, 0.5) is 13.2 Å². The van der Waals surface area contributed by atoms with Gasteiger partial charge in [0.15, 0.2) is 5.69 Å². The first-order valence-electron chi connectivity index (χ1n) is 8.19. The maximum Gasteiger partial charge on any atom is 0.418 e. The SMILES string of the molecule is CC(C)CC(CNC(=O)c1cn(-c2ccccc2C(F)(F)F)nn1)C(=O)O. The van der Waals surface area contributed by atoms with Crippen molar-refractivity contribution in [3.05, 3.63) is 41.7 Å². The molecule has 2 aromatic rings. The number of carboxylic acids is 1. The number of aromatic nitrogens is 3. The third kappa shape index (κ3) is 5.28. The Kier molecular flexibility index (Phi) is 6.19. The molecule has 0 saturated heterocycles. The Morgan fingerprint density at radius 3 is 2.52 bits per heavy atom. The van der Waals surface area contributed by atoms with Crippen LogP contribution in [0.25, 0.3) is 5.69 Å². The molecule has 0 saturated carbocycles. The van der Waals surface area contributed by atoms with Crippen LogP contribution in [0.5, 0.6) is 0 Å². The van der Waals surface area contributed by atoms with E-state index in [1.165, 1.54) is 18.2 Å². The maximum atomic E-state index is 13.1. The zero-order valence-corrected chi connectivity index (χ0v) is 14.7. The van der Waals surface area contributed by atoms with Crippen LogP contribution in [-0.2, 0) is 11.0 Å². The summed E-state index contributed by atoms with van der Waals surface area (Å²) >= 11 is 0. The number of hydrogen-bond acceptors (Lipinski definition) is 4. The van der Waals surface area contributed by atoms with E-state index in [2.05, 4.69) is 15.6 Å². The summed E-state index contributed by atoms with van der Waals surface area (Å²) in [6, 6.07) is 4.77. The van der Waals surface area contributed by atoms with Crippen molar-refractivity contribution in [2.45, 2.75) is 26.4 Å². The lowest BCUT2D eigenvalue weighted by Crippen LogP contribution is -2.33. The Bertz CT molecular complexity index is 818. The molecule has 1 unspecified atom stereocenters. The highest BCUT2D eigenvalue weighted by Gasteiger charge is 2.34. The Labute approximate surface area is 153 Å². The van der Waals surface area contributed by atoms with Crippen LogP contribution in [0.15, 0.2) is 30.5 Å². The fraction of sp³-hybridized carbons (Fsp3) is 0.412. The van der Waals surface area contributed by atoms with Gasteiger partial charge in [0.05, 0.1) is 23.4 Å². The van der Waals surface area contributed by atoms with Crippen molar-refractivity contribution in [1.29, 1.82) is 0 Å². The lowest BCUT2D eigenvalue weighted by Gasteiger charge is -2.14. The number of carbonyl (C=O) groups excluding carboxylic acids is 1. The van der Waals surface area contributed by atoms with Crippen molar-refractivity contribution in [3.63, 3.8) is 0 Å². The normalized spacial score (nSPS) is 12.8. The molecular weight excluding hydrogens is 365 g/mol. The lowest BCUT2D eigenvalue weighted by atomic mass is 9.97. The zero-order valence-electron chi connectivity index (χ0n) is 14.7. The Hall–Kier alpha value is -2.91. The number of carbonyl (C=O) groups is 2. The number of carboxylic acid groups (broad SMARTS) is 1. The molecule has 1 heterocycles. The summed E-state index contributed by atoms with van der Waals surface area (Å²) < 4.78 is 40.1. The second kappa shape index (κ2) is 8.19. The predicted molar refractivity (Wildman–Crippen MR) is 89.3 cm³/mol. The van der Waals surface area contributed by atoms with Gasteiger partial charge in [-0.3, -0.25) is 9.59 Å². The van der Waals surface area contributed by atoms with E-state index in [4.69, 9.17) is 0 Å². The topological polar surface area (TPSA) is 97.1 Å². The number of nitrogens with zero attached hydrogens (tertiary/aromatic N) is 3. The molecule has 2 rings (SSSR count). The molecule has 0 aliphatic heterocycles. The van der Waals surface area contributed by atoms with E-state index in [0.29, 0.717) is 6.42 Å². The van der Waals surface area contributed by atoms with Gasteiger partial charge in [-0.15, -0.1) is 5.10 Å². The fourth-order valence-electron chi connectivity index (χ4n) is 2.55. The Morgan fingerprint density at radius 1 is 1.26 bits per heavy atom. The molecule has 1 aromatic heterocycles.